The summed E-state index contributed by atoms with van der Waals surface area (Å²) in [6.07, 6.45) is 2.04. The summed E-state index contributed by atoms with van der Waals surface area (Å²) in [5.74, 6) is -2.13. The molecule has 0 radical (unpaired) electrons. The monoisotopic (exact) mass is 376 g/mol. The number of rotatable bonds is 6. The number of likely N-dealkylation sites (tertiary alicyclic amines) is 1. The second-order valence-corrected chi connectivity index (χ2v) is 5.95. The summed E-state index contributed by atoms with van der Waals surface area (Å²) in [4.78, 5) is 48.9. The Morgan fingerprint density at radius 2 is 2.12 bits per heavy atom. The molecule has 2 rings (SSSR count). The van der Waals surface area contributed by atoms with Crippen LogP contribution in [0.5, 0.6) is 0 Å². The van der Waals surface area contributed by atoms with Crippen LogP contribution in [0.15, 0.2) is 0 Å². The lowest BCUT2D eigenvalue weighted by atomic mass is 10.0. The minimum absolute atomic E-state index is 0. The van der Waals surface area contributed by atoms with Crippen LogP contribution in [0.3, 0.4) is 0 Å². The number of nitrogens with two attached hydrogens (primary N) is 1. The Labute approximate surface area is 152 Å². The predicted octanol–water partition coefficient (Wildman–Crippen LogP) is -1.32. The fourth-order valence-electron chi connectivity index (χ4n) is 2.94. The zero-order chi connectivity index (χ0) is 17.7. The van der Waals surface area contributed by atoms with Crippen molar-refractivity contribution in [2.75, 3.05) is 19.7 Å². The molecule has 0 aliphatic carbocycles. The quantitative estimate of drug-likeness (QED) is 0.387. The molecule has 9 nitrogen and oxygen atoms in total. The van der Waals surface area contributed by atoms with Gasteiger partial charge in [0, 0.05) is 12.5 Å². The molecule has 2 aliphatic heterocycles. The summed E-state index contributed by atoms with van der Waals surface area (Å²) in [6, 6.07) is -1.71. The molecule has 0 aromatic carbocycles. The van der Waals surface area contributed by atoms with Gasteiger partial charge in [-0.05, 0) is 32.7 Å². The van der Waals surface area contributed by atoms with Gasteiger partial charge >= 0.3 is 5.97 Å². The van der Waals surface area contributed by atoms with E-state index in [9.17, 15) is 19.2 Å². The maximum atomic E-state index is 12.4. The topological polar surface area (TPSA) is 131 Å². The van der Waals surface area contributed by atoms with E-state index in [1.807, 2.05) is 0 Å². The fourth-order valence-corrected chi connectivity index (χ4v) is 2.94. The lowest BCUT2D eigenvalue weighted by Crippen LogP contribution is -2.60. The van der Waals surface area contributed by atoms with Crippen LogP contribution < -0.4 is 16.4 Å². The summed E-state index contributed by atoms with van der Waals surface area (Å²) < 4.78 is 4.76. The Hall–Kier alpha value is -1.71. The minimum atomic E-state index is -0.850. The molecule has 0 spiro atoms. The Morgan fingerprint density at radius 1 is 1.40 bits per heavy atom. The third kappa shape index (κ3) is 5.38. The van der Waals surface area contributed by atoms with Gasteiger partial charge in [0.25, 0.3) is 5.91 Å². The number of piperidine rings is 1. The third-order valence-corrected chi connectivity index (χ3v) is 4.26. The first-order valence-electron chi connectivity index (χ1n) is 8.23. The number of halogens is 1. The van der Waals surface area contributed by atoms with E-state index in [1.54, 1.807) is 6.92 Å². The van der Waals surface area contributed by atoms with Crippen LogP contribution in [0.2, 0.25) is 0 Å². The number of nitrogens with one attached hydrogen (secondary N) is 2. The van der Waals surface area contributed by atoms with Gasteiger partial charge in [0.2, 0.25) is 11.8 Å². The highest BCUT2D eigenvalue weighted by molar-refractivity contribution is 6.04. The molecular formula is C15H25ClN4O5. The zero-order valence-corrected chi connectivity index (χ0v) is 15.0. The molecule has 0 aromatic heterocycles. The number of hydrogen-bond acceptors (Lipinski definition) is 7. The van der Waals surface area contributed by atoms with Gasteiger partial charge in [0.05, 0.1) is 12.6 Å². The largest absolute Gasteiger partial charge is 0.465 e. The van der Waals surface area contributed by atoms with Crippen molar-refractivity contribution in [3.63, 3.8) is 0 Å². The number of hydrogen-bond donors (Lipinski definition) is 3. The van der Waals surface area contributed by atoms with Crippen LogP contribution in [-0.2, 0) is 23.9 Å². The van der Waals surface area contributed by atoms with Gasteiger partial charge in [-0.1, -0.05) is 0 Å². The molecule has 10 heteroatoms. The molecule has 2 heterocycles. The van der Waals surface area contributed by atoms with E-state index in [1.165, 1.54) is 0 Å². The Bertz CT molecular complexity index is 524. The van der Waals surface area contributed by atoms with Crippen LogP contribution in [-0.4, -0.2) is 66.4 Å². The summed E-state index contributed by atoms with van der Waals surface area (Å²) >= 11 is 0. The standard InChI is InChI=1S/C15H24N4O5.ClH/c1-2-24-12(21)8-19-11(20)6-5-10(15(19)23)18-14(22)13(16)9-4-3-7-17-9;/h9-10,13,17H,2-8,16H2,1H3,(H,18,22);1H/t9?,10-,13-;/m0./s1. The summed E-state index contributed by atoms with van der Waals surface area (Å²) in [5.41, 5.74) is 5.93. The fraction of sp³-hybridized carbons (Fsp3) is 0.733. The Kier molecular flexibility index (Phi) is 8.27. The van der Waals surface area contributed by atoms with Gasteiger partial charge < -0.3 is 21.1 Å². The van der Waals surface area contributed by atoms with Crippen LogP contribution >= 0.6 is 12.4 Å². The average molecular weight is 377 g/mol. The normalized spacial score (nSPS) is 24.5. The predicted molar refractivity (Wildman–Crippen MR) is 90.8 cm³/mol. The van der Waals surface area contributed by atoms with E-state index >= 15 is 0 Å². The number of ether oxygens (including phenoxy) is 1. The van der Waals surface area contributed by atoms with Crippen molar-refractivity contribution in [2.24, 2.45) is 5.73 Å². The van der Waals surface area contributed by atoms with Crippen LogP contribution in [0, 0.1) is 0 Å². The number of carbonyl (C=O) groups excluding carboxylic acids is 4. The van der Waals surface area contributed by atoms with Gasteiger partial charge in [0.15, 0.2) is 0 Å². The van der Waals surface area contributed by atoms with Crippen molar-refractivity contribution in [1.29, 1.82) is 0 Å². The number of nitrogens with zero attached hydrogens (tertiary/aromatic N) is 1. The highest BCUT2D eigenvalue weighted by atomic mass is 35.5. The Morgan fingerprint density at radius 3 is 2.72 bits per heavy atom. The lowest BCUT2D eigenvalue weighted by molar-refractivity contribution is -0.158. The smallest absolute Gasteiger partial charge is 0.326 e. The van der Waals surface area contributed by atoms with E-state index in [0.29, 0.717) is 0 Å². The molecule has 3 atom stereocenters. The Balaban J connectivity index is 0.00000312. The molecular weight excluding hydrogens is 352 g/mol. The molecule has 4 N–H and O–H groups in total. The molecule has 142 valence electrons. The van der Waals surface area contributed by atoms with Crippen molar-refractivity contribution in [1.82, 2.24) is 15.5 Å². The van der Waals surface area contributed by atoms with E-state index < -0.39 is 42.3 Å². The maximum Gasteiger partial charge on any atom is 0.326 e. The van der Waals surface area contributed by atoms with Crippen LogP contribution in [0.25, 0.3) is 0 Å². The highest BCUT2D eigenvalue weighted by Crippen LogP contribution is 2.14. The van der Waals surface area contributed by atoms with Crippen molar-refractivity contribution in [3.8, 4) is 0 Å². The average Bonchev–Trinajstić information content (AvgIpc) is 3.08. The molecule has 25 heavy (non-hydrogen) atoms. The summed E-state index contributed by atoms with van der Waals surface area (Å²) in [5, 5.41) is 5.75. The van der Waals surface area contributed by atoms with E-state index in [0.717, 1.165) is 24.3 Å². The molecule has 0 saturated carbocycles. The first-order chi connectivity index (χ1) is 11.4. The van der Waals surface area contributed by atoms with E-state index in [4.69, 9.17) is 10.5 Å². The SMILES string of the molecule is CCOC(=O)CN1C(=O)CC[C@H](NC(=O)[C@@H](N)C2CCCN2)C1=O.Cl. The number of carbonyl (C=O) groups is 4. The van der Waals surface area contributed by atoms with E-state index in [-0.39, 0.29) is 37.9 Å². The van der Waals surface area contributed by atoms with Gasteiger partial charge in [0.1, 0.15) is 12.6 Å². The van der Waals surface area contributed by atoms with Crippen LogP contribution in [0.1, 0.15) is 32.6 Å². The van der Waals surface area contributed by atoms with Gasteiger partial charge in [-0.2, -0.15) is 0 Å². The first kappa shape index (κ1) is 21.3. The third-order valence-electron chi connectivity index (χ3n) is 4.26. The molecule has 2 aliphatic rings. The van der Waals surface area contributed by atoms with Gasteiger partial charge in [-0.15, -0.1) is 12.4 Å². The summed E-state index contributed by atoms with van der Waals surface area (Å²) in [6.45, 7) is 2.18. The molecule has 1 unspecified atom stereocenters. The lowest BCUT2D eigenvalue weighted by Gasteiger charge is -2.31. The van der Waals surface area contributed by atoms with E-state index in [2.05, 4.69) is 10.6 Å². The molecule has 3 amide bonds. The summed E-state index contributed by atoms with van der Waals surface area (Å²) in [7, 11) is 0. The second kappa shape index (κ2) is 9.69. The van der Waals surface area contributed by atoms with Crippen molar-refractivity contribution < 1.29 is 23.9 Å². The molecule has 2 fully saturated rings. The number of imide groups is 1. The van der Waals surface area contributed by atoms with Gasteiger partial charge in [-0.3, -0.25) is 24.1 Å². The minimum Gasteiger partial charge on any atom is -0.465 e. The maximum absolute atomic E-state index is 12.4. The van der Waals surface area contributed by atoms with Crippen LogP contribution in [0.4, 0.5) is 0 Å². The van der Waals surface area contributed by atoms with Crippen molar-refractivity contribution >= 4 is 36.1 Å². The van der Waals surface area contributed by atoms with Crippen molar-refractivity contribution in [2.45, 2.75) is 50.7 Å². The van der Waals surface area contributed by atoms with Crippen molar-refractivity contribution in [3.05, 3.63) is 0 Å². The molecule has 0 aromatic rings. The first-order valence-corrected chi connectivity index (χ1v) is 8.23. The zero-order valence-electron chi connectivity index (χ0n) is 14.2. The number of amides is 3. The van der Waals surface area contributed by atoms with Gasteiger partial charge in [-0.25, -0.2) is 0 Å². The second-order valence-electron chi connectivity index (χ2n) is 5.95. The highest BCUT2D eigenvalue weighted by Gasteiger charge is 2.38. The molecule has 0 bridgehead atoms. The molecule has 2 saturated heterocycles. The number of esters is 1.